The second-order valence-electron chi connectivity index (χ2n) is 3.94. The van der Waals surface area contributed by atoms with E-state index in [9.17, 15) is 13.2 Å². The molecule has 0 aliphatic heterocycles. The number of carbonyl (C=O) groups is 1. The van der Waals surface area contributed by atoms with Gasteiger partial charge in [-0.3, -0.25) is 4.79 Å². The maximum Gasteiger partial charge on any atom is 0.260 e. The molecule has 0 bridgehead atoms. The van der Waals surface area contributed by atoms with Gasteiger partial charge in [0.05, 0.1) is 12.9 Å². The normalized spacial score (nSPS) is 11.5. The van der Waals surface area contributed by atoms with E-state index in [1.807, 2.05) is 13.8 Å². The fraction of sp³-hybridized carbons (Fsp3) is 0.600. The van der Waals surface area contributed by atoms with Crippen molar-refractivity contribution in [3.05, 3.63) is 6.33 Å². The van der Waals surface area contributed by atoms with Crippen molar-refractivity contribution in [2.75, 3.05) is 25.4 Å². The van der Waals surface area contributed by atoms with E-state index in [1.54, 1.807) is 0 Å². The van der Waals surface area contributed by atoms with Crippen LogP contribution in [0.4, 0.5) is 5.82 Å². The van der Waals surface area contributed by atoms with Gasteiger partial charge >= 0.3 is 0 Å². The van der Waals surface area contributed by atoms with Crippen LogP contribution in [0, 0.1) is 0 Å². The van der Waals surface area contributed by atoms with E-state index in [0.717, 1.165) is 0 Å². The summed E-state index contributed by atoms with van der Waals surface area (Å²) in [4.78, 5) is 17.0. The smallest absolute Gasteiger partial charge is 0.260 e. The zero-order valence-corrected chi connectivity index (χ0v) is 12.1. The molecule has 0 saturated carbocycles. The van der Waals surface area contributed by atoms with Crippen LogP contribution in [0.5, 0.6) is 0 Å². The molecule has 0 radical (unpaired) electrons. The molecule has 0 aliphatic carbocycles. The van der Waals surface area contributed by atoms with Crippen molar-refractivity contribution < 1.29 is 13.2 Å². The molecule has 9 heteroatoms. The van der Waals surface area contributed by atoms with Gasteiger partial charge in [-0.25, -0.2) is 18.1 Å². The predicted octanol–water partition coefficient (Wildman–Crippen LogP) is -0.851. The summed E-state index contributed by atoms with van der Waals surface area (Å²) in [7, 11) is -2.33. The highest BCUT2D eigenvalue weighted by Crippen LogP contribution is 2.14. The Morgan fingerprint density at radius 2 is 2.05 bits per heavy atom. The third kappa shape index (κ3) is 3.44. The third-order valence-electron chi connectivity index (χ3n) is 2.69. The highest BCUT2D eigenvalue weighted by atomic mass is 32.2. The summed E-state index contributed by atoms with van der Waals surface area (Å²) < 4.78 is 27.6. The van der Waals surface area contributed by atoms with Crippen LogP contribution in [-0.2, 0) is 21.9 Å². The minimum atomic E-state index is -3.85. The maximum atomic E-state index is 12.0. The van der Waals surface area contributed by atoms with Crippen molar-refractivity contribution in [1.29, 1.82) is 0 Å². The highest BCUT2D eigenvalue weighted by molar-refractivity contribution is 7.89. The summed E-state index contributed by atoms with van der Waals surface area (Å²) in [5.41, 5.74) is 5.50. The zero-order chi connectivity index (χ0) is 14.6. The number of likely N-dealkylation sites (N-methyl/N-ethyl adjacent to an activating group) is 1. The number of sulfonamides is 1. The monoisotopic (exact) mass is 289 g/mol. The molecule has 0 aromatic carbocycles. The van der Waals surface area contributed by atoms with Gasteiger partial charge in [0.25, 0.3) is 10.0 Å². The van der Waals surface area contributed by atoms with Crippen LogP contribution in [0.15, 0.2) is 11.4 Å². The lowest BCUT2D eigenvalue weighted by Crippen LogP contribution is -2.40. The highest BCUT2D eigenvalue weighted by Gasteiger charge is 2.23. The van der Waals surface area contributed by atoms with Crippen molar-refractivity contribution in [1.82, 2.24) is 19.2 Å². The Kier molecular flexibility index (Phi) is 4.90. The Bertz CT molecular complexity index is 528. The molecule has 3 N–H and O–H groups in total. The van der Waals surface area contributed by atoms with E-state index >= 15 is 0 Å². The molecule has 0 spiro atoms. The number of nitrogens with zero attached hydrogens (tertiary/aromatic N) is 3. The number of nitrogens with one attached hydrogen (secondary N) is 1. The number of anilines is 1. The van der Waals surface area contributed by atoms with Crippen molar-refractivity contribution in [3.63, 3.8) is 0 Å². The van der Waals surface area contributed by atoms with Gasteiger partial charge in [-0.1, -0.05) is 0 Å². The van der Waals surface area contributed by atoms with E-state index < -0.39 is 10.0 Å². The fourth-order valence-corrected chi connectivity index (χ4v) is 2.88. The molecular weight excluding hydrogens is 270 g/mol. The average Bonchev–Trinajstić information content (AvgIpc) is 2.69. The Labute approximate surface area is 112 Å². The quantitative estimate of drug-likeness (QED) is 0.708. The van der Waals surface area contributed by atoms with Gasteiger partial charge in [-0.05, 0) is 13.8 Å². The number of hydrogen-bond donors (Lipinski definition) is 2. The second kappa shape index (κ2) is 6.02. The Morgan fingerprint density at radius 3 is 2.47 bits per heavy atom. The Morgan fingerprint density at radius 1 is 1.47 bits per heavy atom. The molecule has 1 aromatic heterocycles. The van der Waals surface area contributed by atoms with E-state index in [2.05, 4.69) is 9.71 Å². The van der Waals surface area contributed by atoms with Crippen LogP contribution in [0.1, 0.15) is 13.8 Å². The van der Waals surface area contributed by atoms with Crippen molar-refractivity contribution in [2.45, 2.75) is 18.9 Å². The van der Waals surface area contributed by atoms with Crippen molar-refractivity contribution in [3.8, 4) is 0 Å². The molecule has 0 fully saturated rings. The lowest BCUT2D eigenvalue weighted by atomic mass is 10.4. The van der Waals surface area contributed by atoms with Gasteiger partial charge in [0.1, 0.15) is 0 Å². The summed E-state index contributed by atoms with van der Waals surface area (Å²) in [5.74, 6) is -0.375. The lowest BCUT2D eigenvalue weighted by Gasteiger charge is -2.18. The summed E-state index contributed by atoms with van der Waals surface area (Å²) >= 11 is 0. The lowest BCUT2D eigenvalue weighted by molar-refractivity contribution is -0.129. The van der Waals surface area contributed by atoms with Crippen LogP contribution < -0.4 is 10.5 Å². The molecule has 108 valence electrons. The number of hydrogen-bond acceptors (Lipinski definition) is 5. The summed E-state index contributed by atoms with van der Waals surface area (Å²) in [6.45, 7) is 4.43. The van der Waals surface area contributed by atoms with Crippen LogP contribution in [0.25, 0.3) is 0 Å². The molecular formula is C10H19N5O3S. The average molecular weight is 289 g/mol. The topological polar surface area (TPSA) is 110 Å². The maximum absolute atomic E-state index is 12.0. The van der Waals surface area contributed by atoms with Crippen LogP contribution in [-0.4, -0.2) is 48.4 Å². The SMILES string of the molecule is CCN(CC)C(=O)CNS(=O)(=O)c1c(N)ncn1C. The van der Waals surface area contributed by atoms with Gasteiger partial charge < -0.3 is 15.2 Å². The first-order valence-corrected chi connectivity index (χ1v) is 7.36. The molecule has 19 heavy (non-hydrogen) atoms. The number of aromatic nitrogens is 2. The summed E-state index contributed by atoms with van der Waals surface area (Å²) in [5, 5.41) is -0.139. The van der Waals surface area contributed by atoms with Crippen LogP contribution in [0.2, 0.25) is 0 Å². The van der Waals surface area contributed by atoms with Crippen molar-refractivity contribution >= 4 is 21.7 Å². The third-order valence-corrected chi connectivity index (χ3v) is 4.22. The first kappa shape index (κ1) is 15.4. The van der Waals surface area contributed by atoms with Gasteiger partial charge in [-0.2, -0.15) is 0 Å². The number of nitrogens with two attached hydrogens (primary N) is 1. The van der Waals surface area contributed by atoms with E-state index in [1.165, 1.54) is 22.8 Å². The second-order valence-corrected chi connectivity index (χ2v) is 5.62. The van der Waals surface area contributed by atoms with Crippen LogP contribution in [0.3, 0.4) is 0 Å². The largest absolute Gasteiger partial charge is 0.381 e. The standard InChI is InChI=1S/C10H19N5O3S/c1-4-15(5-2)8(16)6-13-19(17,18)10-9(11)12-7-14(10)3/h7,13H,4-6,11H2,1-3H3. The van der Waals surface area contributed by atoms with Gasteiger partial charge in [0.15, 0.2) is 10.8 Å². The number of nitrogen functional groups attached to an aromatic ring is 1. The van der Waals surface area contributed by atoms with Gasteiger partial charge in [-0.15, -0.1) is 0 Å². The first-order chi connectivity index (χ1) is 8.83. The summed E-state index contributed by atoms with van der Waals surface area (Å²) in [6.07, 6.45) is 1.30. The first-order valence-electron chi connectivity index (χ1n) is 5.87. The Balaban J connectivity index is 2.80. The molecule has 8 nitrogen and oxygen atoms in total. The molecule has 0 atom stereocenters. The molecule has 0 unspecified atom stereocenters. The number of aryl methyl sites for hydroxylation is 1. The molecule has 1 rings (SSSR count). The fourth-order valence-electron chi connectivity index (χ4n) is 1.68. The minimum Gasteiger partial charge on any atom is -0.381 e. The molecule has 0 saturated heterocycles. The molecule has 1 heterocycles. The van der Waals surface area contributed by atoms with Crippen LogP contribution >= 0.6 is 0 Å². The molecule has 0 aliphatic rings. The zero-order valence-electron chi connectivity index (χ0n) is 11.3. The number of carbonyl (C=O) groups excluding carboxylic acids is 1. The number of rotatable bonds is 6. The molecule has 1 aromatic rings. The number of imidazole rings is 1. The van der Waals surface area contributed by atoms with E-state index in [0.29, 0.717) is 13.1 Å². The number of amides is 1. The predicted molar refractivity (Wildman–Crippen MR) is 70.7 cm³/mol. The minimum absolute atomic E-state index is 0.0923. The van der Waals surface area contributed by atoms with E-state index in [4.69, 9.17) is 5.73 Å². The van der Waals surface area contributed by atoms with Crippen molar-refractivity contribution in [2.24, 2.45) is 7.05 Å². The van der Waals surface area contributed by atoms with Gasteiger partial charge in [0.2, 0.25) is 5.91 Å². The van der Waals surface area contributed by atoms with Gasteiger partial charge in [0, 0.05) is 20.1 Å². The van der Waals surface area contributed by atoms with E-state index in [-0.39, 0.29) is 23.3 Å². The summed E-state index contributed by atoms with van der Waals surface area (Å²) in [6, 6.07) is 0. The molecule has 1 amide bonds. The Hall–Kier alpha value is -1.61.